The van der Waals surface area contributed by atoms with Crippen LogP contribution in [0, 0.1) is 5.41 Å². The molecule has 0 saturated heterocycles. The van der Waals surface area contributed by atoms with Crippen molar-refractivity contribution >= 4 is 5.91 Å². The van der Waals surface area contributed by atoms with Gasteiger partial charge in [0.2, 0.25) is 5.91 Å². The monoisotopic (exact) mass is 258 g/mol. The zero-order valence-electron chi connectivity index (χ0n) is 11.6. The van der Waals surface area contributed by atoms with E-state index in [0.29, 0.717) is 0 Å². The molecular formula is C16H22N2O. The molecule has 0 spiro atoms. The average Bonchev–Trinajstić information content (AvgIpc) is 3.21. The maximum atomic E-state index is 12.6. The Morgan fingerprint density at radius 2 is 1.89 bits per heavy atom. The average molecular weight is 258 g/mol. The van der Waals surface area contributed by atoms with Gasteiger partial charge in [-0.25, -0.2) is 0 Å². The minimum Gasteiger partial charge on any atom is -0.352 e. The molecule has 0 aliphatic heterocycles. The molecule has 2 atom stereocenters. The zero-order chi connectivity index (χ0) is 13.7. The summed E-state index contributed by atoms with van der Waals surface area (Å²) in [4.78, 5) is 12.6. The Bertz CT molecular complexity index is 491. The van der Waals surface area contributed by atoms with Crippen LogP contribution in [0.2, 0.25) is 0 Å². The molecule has 1 aromatic carbocycles. The summed E-state index contributed by atoms with van der Waals surface area (Å²) in [6, 6.07) is 10.5. The Hall–Kier alpha value is -1.35. The van der Waals surface area contributed by atoms with Gasteiger partial charge in [0.05, 0.1) is 5.41 Å². The number of nitrogens with one attached hydrogen (secondary N) is 1. The zero-order valence-corrected chi connectivity index (χ0v) is 11.6. The number of hydrogen-bond donors (Lipinski definition) is 2. The summed E-state index contributed by atoms with van der Waals surface area (Å²) in [6.07, 6.45) is 2.81. The third-order valence-corrected chi connectivity index (χ3v) is 5.16. The first-order valence-corrected chi connectivity index (χ1v) is 7.09. The summed E-state index contributed by atoms with van der Waals surface area (Å²) in [5, 5.41) is 3.22. The molecule has 0 radical (unpaired) electrons. The van der Waals surface area contributed by atoms with Gasteiger partial charge in [-0.1, -0.05) is 44.2 Å². The molecule has 3 rings (SSSR count). The van der Waals surface area contributed by atoms with Crippen molar-refractivity contribution in [3.63, 3.8) is 0 Å². The van der Waals surface area contributed by atoms with Gasteiger partial charge in [0.15, 0.2) is 0 Å². The molecule has 2 saturated carbocycles. The van der Waals surface area contributed by atoms with Crippen LogP contribution in [-0.4, -0.2) is 18.0 Å². The summed E-state index contributed by atoms with van der Waals surface area (Å²) in [5.74, 6) is 0.184. The largest absolute Gasteiger partial charge is 0.352 e. The van der Waals surface area contributed by atoms with Gasteiger partial charge < -0.3 is 11.1 Å². The van der Waals surface area contributed by atoms with Gasteiger partial charge >= 0.3 is 0 Å². The highest BCUT2D eigenvalue weighted by molar-refractivity contribution is 5.91. The molecule has 3 heteroatoms. The van der Waals surface area contributed by atoms with Gasteiger partial charge in [0.1, 0.15) is 0 Å². The van der Waals surface area contributed by atoms with Crippen molar-refractivity contribution in [3.8, 4) is 0 Å². The van der Waals surface area contributed by atoms with Crippen LogP contribution in [0.25, 0.3) is 0 Å². The molecule has 2 unspecified atom stereocenters. The molecule has 0 bridgehead atoms. The number of nitrogens with two attached hydrogens (primary N) is 1. The SMILES string of the molecule is CC1(C)C(N)CC1NC(=O)C1(c2ccccc2)CC1. The van der Waals surface area contributed by atoms with Crippen LogP contribution in [0.3, 0.4) is 0 Å². The van der Waals surface area contributed by atoms with E-state index in [4.69, 9.17) is 5.73 Å². The van der Waals surface area contributed by atoms with E-state index in [9.17, 15) is 4.79 Å². The van der Waals surface area contributed by atoms with Crippen molar-refractivity contribution in [1.29, 1.82) is 0 Å². The van der Waals surface area contributed by atoms with Crippen LogP contribution in [0.1, 0.15) is 38.7 Å². The summed E-state index contributed by atoms with van der Waals surface area (Å²) in [6.45, 7) is 4.27. The van der Waals surface area contributed by atoms with Crippen LogP contribution in [0.5, 0.6) is 0 Å². The van der Waals surface area contributed by atoms with Gasteiger partial charge in [0, 0.05) is 17.5 Å². The highest BCUT2D eigenvalue weighted by Gasteiger charge is 2.54. The van der Waals surface area contributed by atoms with Gasteiger partial charge in [-0.3, -0.25) is 4.79 Å². The van der Waals surface area contributed by atoms with Crippen LogP contribution >= 0.6 is 0 Å². The Kier molecular flexibility index (Phi) is 2.72. The fourth-order valence-electron chi connectivity index (χ4n) is 3.03. The van der Waals surface area contributed by atoms with E-state index in [1.165, 1.54) is 0 Å². The first-order valence-electron chi connectivity index (χ1n) is 7.09. The smallest absolute Gasteiger partial charge is 0.230 e. The summed E-state index contributed by atoms with van der Waals surface area (Å²) in [5.41, 5.74) is 6.90. The predicted molar refractivity (Wildman–Crippen MR) is 75.7 cm³/mol. The first kappa shape index (κ1) is 12.7. The Labute approximate surface area is 114 Å². The number of amides is 1. The molecule has 19 heavy (non-hydrogen) atoms. The second kappa shape index (κ2) is 4.07. The molecule has 2 aliphatic rings. The lowest BCUT2D eigenvalue weighted by Crippen LogP contribution is -2.65. The Morgan fingerprint density at radius 1 is 1.26 bits per heavy atom. The summed E-state index contributed by atoms with van der Waals surface area (Å²) >= 11 is 0. The maximum absolute atomic E-state index is 12.6. The van der Waals surface area contributed by atoms with Gasteiger partial charge in [-0.15, -0.1) is 0 Å². The van der Waals surface area contributed by atoms with Crippen LogP contribution in [0.4, 0.5) is 0 Å². The summed E-state index contributed by atoms with van der Waals surface area (Å²) < 4.78 is 0. The van der Waals surface area contributed by atoms with Crippen molar-refractivity contribution in [2.45, 2.75) is 50.6 Å². The van der Waals surface area contributed by atoms with Crippen molar-refractivity contribution in [2.75, 3.05) is 0 Å². The molecule has 0 heterocycles. The lowest BCUT2D eigenvalue weighted by atomic mass is 9.63. The van der Waals surface area contributed by atoms with E-state index in [1.54, 1.807) is 0 Å². The quantitative estimate of drug-likeness (QED) is 0.871. The standard InChI is InChI=1S/C16H22N2O/c1-15(2)12(17)10-13(15)18-14(19)16(8-9-16)11-6-4-3-5-7-11/h3-7,12-13H,8-10,17H2,1-2H3,(H,18,19). The number of rotatable bonds is 3. The van der Waals surface area contributed by atoms with Crippen molar-refractivity contribution in [2.24, 2.45) is 11.1 Å². The van der Waals surface area contributed by atoms with Gasteiger partial charge in [0.25, 0.3) is 0 Å². The molecular weight excluding hydrogens is 236 g/mol. The van der Waals surface area contributed by atoms with Crippen LogP contribution in [-0.2, 0) is 10.2 Å². The van der Waals surface area contributed by atoms with E-state index in [-0.39, 0.29) is 28.8 Å². The molecule has 1 amide bonds. The third-order valence-electron chi connectivity index (χ3n) is 5.16. The third kappa shape index (κ3) is 1.88. The van der Waals surface area contributed by atoms with E-state index < -0.39 is 0 Å². The summed E-state index contributed by atoms with van der Waals surface area (Å²) in [7, 11) is 0. The highest BCUT2D eigenvalue weighted by Crippen LogP contribution is 2.49. The van der Waals surface area contributed by atoms with Crippen LogP contribution in [0.15, 0.2) is 30.3 Å². The van der Waals surface area contributed by atoms with Crippen molar-refractivity contribution in [3.05, 3.63) is 35.9 Å². The molecule has 0 aromatic heterocycles. The van der Waals surface area contributed by atoms with E-state index in [1.807, 2.05) is 18.2 Å². The lowest BCUT2D eigenvalue weighted by molar-refractivity contribution is -0.126. The van der Waals surface area contributed by atoms with Crippen LogP contribution < -0.4 is 11.1 Å². The van der Waals surface area contributed by atoms with Gasteiger partial charge in [-0.2, -0.15) is 0 Å². The minimum atomic E-state index is -0.267. The minimum absolute atomic E-state index is 0.0163. The van der Waals surface area contributed by atoms with E-state index in [2.05, 4.69) is 31.3 Å². The van der Waals surface area contributed by atoms with Crippen molar-refractivity contribution in [1.82, 2.24) is 5.32 Å². The number of carbonyl (C=O) groups is 1. The topological polar surface area (TPSA) is 55.1 Å². The van der Waals surface area contributed by atoms with Crippen molar-refractivity contribution < 1.29 is 4.79 Å². The predicted octanol–water partition coefficient (Wildman–Crippen LogP) is 1.96. The van der Waals surface area contributed by atoms with E-state index >= 15 is 0 Å². The highest BCUT2D eigenvalue weighted by atomic mass is 16.2. The molecule has 2 fully saturated rings. The lowest BCUT2D eigenvalue weighted by Gasteiger charge is -2.50. The second-order valence-corrected chi connectivity index (χ2v) is 6.64. The number of benzene rings is 1. The molecule has 1 aromatic rings. The first-order chi connectivity index (χ1) is 8.97. The molecule has 3 N–H and O–H groups in total. The molecule has 3 nitrogen and oxygen atoms in total. The number of hydrogen-bond acceptors (Lipinski definition) is 2. The van der Waals surface area contributed by atoms with Gasteiger partial charge in [-0.05, 0) is 24.8 Å². The van der Waals surface area contributed by atoms with E-state index in [0.717, 1.165) is 24.8 Å². The fourth-order valence-corrected chi connectivity index (χ4v) is 3.03. The number of carbonyl (C=O) groups excluding carboxylic acids is 1. The normalized spacial score (nSPS) is 30.3. The fraction of sp³-hybridized carbons (Fsp3) is 0.562. The molecule has 102 valence electrons. The molecule has 2 aliphatic carbocycles. The maximum Gasteiger partial charge on any atom is 0.230 e. The Balaban J connectivity index is 1.72. The second-order valence-electron chi connectivity index (χ2n) is 6.64. The Morgan fingerprint density at radius 3 is 2.37 bits per heavy atom.